The summed E-state index contributed by atoms with van der Waals surface area (Å²) in [6.07, 6.45) is 2.66. The highest BCUT2D eigenvalue weighted by Gasteiger charge is 1.87. The molecule has 1 rings (SSSR count). The first kappa shape index (κ1) is 5.55. The van der Waals surface area contributed by atoms with Gasteiger partial charge in [-0.25, -0.2) is 0 Å². The van der Waals surface area contributed by atoms with Crippen molar-refractivity contribution < 1.29 is 0 Å². The predicted molar refractivity (Wildman–Crippen MR) is 35.7 cm³/mol. The fourth-order valence-corrected chi connectivity index (χ4v) is 1.29. The number of nitrogens with one attached hydrogen (secondary N) is 1. The average molecular weight is 150 g/mol. The van der Waals surface area contributed by atoms with Gasteiger partial charge >= 0.3 is 0 Å². The van der Waals surface area contributed by atoms with Gasteiger partial charge in [-0.15, -0.1) is 3.82 Å². The molecule has 1 N–H and O–H groups in total. The van der Waals surface area contributed by atoms with Crippen molar-refractivity contribution in [2.75, 3.05) is 0 Å². The van der Waals surface area contributed by atoms with Crippen LogP contribution in [-0.4, -0.2) is 3.82 Å². The maximum atomic E-state index is 4.69. The summed E-state index contributed by atoms with van der Waals surface area (Å²) in [5, 5.41) is 0. The predicted octanol–water partition coefficient (Wildman–Crippen LogP) is 0.449. The van der Waals surface area contributed by atoms with E-state index in [2.05, 4.69) is 24.4 Å². The molecule has 2 nitrogen and oxygen atoms in total. The Bertz CT molecular complexity index is 101. The highest BCUT2D eigenvalue weighted by Crippen LogP contribution is 2.22. The summed E-state index contributed by atoms with van der Waals surface area (Å²) in [6, 6.07) is 0. The molecule has 5 heteroatoms. The lowest BCUT2D eigenvalue weighted by molar-refractivity contribution is 0.660. The van der Waals surface area contributed by atoms with E-state index in [1.54, 1.807) is 0 Å². The zero-order valence-electron chi connectivity index (χ0n) is 3.21. The monoisotopic (exact) mass is 150 g/mol. The Kier molecular flexibility index (Phi) is 1.69. The zero-order chi connectivity index (χ0) is 5.28. The second-order valence-corrected chi connectivity index (χ2v) is 3.18. The molecular formula is C2H2N2S3-2. The molecule has 0 saturated carbocycles. The van der Waals surface area contributed by atoms with Crippen molar-refractivity contribution in [3.8, 4) is 0 Å². The molecule has 0 fully saturated rings. The van der Waals surface area contributed by atoms with Crippen molar-refractivity contribution in [1.82, 2.24) is 9.25 Å². The van der Waals surface area contributed by atoms with Crippen LogP contribution in [0.3, 0.4) is 0 Å². The Balaban J connectivity index is 2.42. The first-order valence-electron chi connectivity index (χ1n) is 1.51. The topological polar surface area (TPSA) is 15.3 Å². The van der Waals surface area contributed by atoms with E-state index >= 15 is 0 Å². The molecule has 0 aromatic rings. The van der Waals surface area contributed by atoms with Gasteiger partial charge in [-0.2, -0.15) is 0 Å². The maximum Gasteiger partial charge on any atom is -0.0652 e. The molecule has 7 heavy (non-hydrogen) atoms. The summed E-state index contributed by atoms with van der Waals surface area (Å²) in [5.74, 6) is 0. The van der Waals surface area contributed by atoms with Gasteiger partial charge in [-0.1, -0.05) is 24.8 Å². The molecule has 0 aromatic carbocycles. The molecule has 0 bridgehead atoms. The lowest BCUT2D eigenvalue weighted by atomic mass is 11.1. The second kappa shape index (κ2) is 2.13. The molecular weight excluding hydrogens is 148 g/mol. The van der Waals surface area contributed by atoms with Crippen molar-refractivity contribution in [2.24, 2.45) is 0 Å². The molecule has 0 unspecified atom stereocenters. The van der Waals surface area contributed by atoms with E-state index < -0.39 is 0 Å². The molecule has 0 radical (unpaired) electrons. The van der Waals surface area contributed by atoms with Crippen LogP contribution in [0.2, 0.25) is 0 Å². The minimum atomic E-state index is 0.690. The summed E-state index contributed by atoms with van der Waals surface area (Å²) < 4.78 is 2.18. The fraction of sp³-hybridized carbons (Fsp3) is 0. The third kappa shape index (κ3) is 1.41. The summed E-state index contributed by atoms with van der Waals surface area (Å²) >= 11 is 9.91. The van der Waals surface area contributed by atoms with Crippen LogP contribution in [0.1, 0.15) is 0 Å². The van der Waals surface area contributed by atoms with E-state index in [0.717, 1.165) is 0 Å². The van der Waals surface area contributed by atoms with Gasteiger partial charge in [-0.05, 0) is 0 Å². The van der Waals surface area contributed by atoms with E-state index in [1.165, 1.54) is 15.8 Å². The Labute approximate surface area is 57.4 Å². The van der Waals surface area contributed by atoms with Crippen LogP contribution >= 0.6 is 24.8 Å². The Morgan fingerprint density at radius 3 is 2.86 bits per heavy atom. The second-order valence-electron chi connectivity index (χ2n) is 0.888. The molecule has 0 saturated heterocycles. The minimum Gasteiger partial charge on any atom is -0.807 e. The van der Waals surface area contributed by atoms with E-state index in [1.807, 2.05) is 0 Å². The van der Waals surface area contributed by atoms with Crippen LogP contribution < -0.4 is 5.43 Å². The van der Waals surface area contributed by atoms with Gasteiger partial charge in [0.25, 0.3) is 0 Å². The number of hydrogen-bond donors (Lipinski definition) is 2. The number of hydrogen-bond acceptors (Lipinski definition) is 5. The fourth-order valence-electron chi connectivity index (χ4n) is 0.218. The summed E-state index contributed by atoms with van der Waals surface area (Å²) in [4.78, 5) is 0. The van der Waals surface area contributed by atoms with Crippen LogP contribution in [0, 0.1) is 6.20 Å². The quantitative estimate of drug-likeness (QED) is 0.225. The zero-order valence-corrected chi connectivity index (χ0v) is 5.74. The van der Waals surface area contributed by atoms with E-state index in [9.17, 15) is 0 Å². The first-order chi connectivity index (χ1) is 3.29. The third-order valence-electron chi connectivity index (χ3n) is 0.423. The first-order valence-corrected chi connectivity index (χ1v) is 3.10. The molecule has 1 heterocycles. The van der Waals surface area contributed by atoms with Crippen LogP contribution in [0.15, 0.2) is 4.24 Å². The van der Waals surface area contributed by atoms with Gasteiger partial charge in [0.05, 0.1) is 0 Å². The summed E-state index contributed by atoms with van der Waals surface area (Å²) in [6.45, 7) is 0. The molecule has 0 aliphatic carbocycles. The van der Waals surface area contributed by atoms with Crippen molar-refractivity contribution >= 4 is 37.4 Å². The minimum absolute atomic E-state index is 0.690. The lowest BCUT2D eigenvalue weighted by Crippen LogP contribution is -2.11. The highest BCUT2D eigenvalue weighted by atomic mass is 32.2. The Hall–Kier alpha value is 0.420. The molecule has 1 aliphatic heterocycles. The van der Waals surface area contributed by atoms with Gasteiger partial charge in [-0.3, -0.25) is 4.24 Å². The molecule has 0 aromatic heterocycles. The van der Waals surface area contributed by atoms with E-state index in [4.69, 9.17) is 12.6 Å². The van der Waals surface area contributed by atoms with Crippen molar-refractivity contribution in [3.05, 3.63) is 10.4 Å². The van der Waals surface area contributed by atoms with Crippen molar-refractivity contribution in [1.29, 1.82) is 0 Å². The Morgan fingerprint density at radius 1 is 2.00 bits per heavy atom. The van der Waals surface area contributed by atoms with Gasteiger partial charge < -0.3 is 24.3 Å². The molecule has 0 spiro atoms. The summed E-state index contributed by atoms with van der Waals surface area (Å²) in [5.41, 5.74) is 2.64. The number of hydrazine groups is 1. The van der Waals surface area contributed by atoms with Crippen molar-refractivity contribution in [3.63, 3.8) is 0 Å². The molecule has 0 atom stereocenters. The van der Waals surface area contributed by atoms with Gasteiger partial charge in [0.1, 0.15) is 0 Å². The Morgan fingerprint density at radius 2 is 2.71 bits per heavy atom. The van der Waals surface area contributed by atoms with E-state index in [-0.39, 0.29) is 0 Å². The lowest BCUT2D eigenvalue weighted by Gasteiger charge is -2.13. The molecule has 0 amide bonds. The van der Waals surface area contributed by atoms with Crippen LogP contribution in [0.4, 0.5) is 0 Å². The van der Waals surface area contributed by atoms with Crippen LogP contribution in [-0.2, 0) is 12.6 Å². The van der Waals surface area contributed by atoms with Gasteiger partial charge in [0, 0.05) is 0 Å². The van der Waals surface area contributed by atoms with Crippen LogP contribution in [0.25, 0.3) is 0 Å². The normalized spacial score (nSPS) is 21.6. The summed E-state index contributed by atoms with van der Waals surface area (Å²) in [7, 11) is 0. The van der Waals surface area contributed by atoms with E-state index in [0.29, 0.717) is 4.24 Å². The standard InChI is InChI=1S/C2H3N2S3/c5-2-1-3-4(6)7-2/h3,5-6H/q-1/p-1. The SMILES string of the molecule is [S-]C1=[C-]NN(S)S1. The number of thiol groups is 1. The van der Waals surface area contributed by atoms with Crippen molar-refractivity contribution in [2.45, 2.75) is 0 Å². The number of rotatable bonds is 0. The van der Waals surface area contributed by atoms with Gasteiger partial charge in [0.15, 0.2) is 0 Å². The average Bonchev–Trinajstić information content (AvgIpc) is 1.87. The van der Waals surface area contributed by atoms with Crippen LogP contribution in [0.5, 0.6) is 0 Å². The molecule has 40 valence electrons. The number of nitrogens with zero attached hydrogens (tertiary/aromatic N) is 1. The largest absolute Gasteiger partial charge is 0.807 e. The highest BCUT2D eigenvalue weighted by molar-refractivity contribution is 8.14. The van der Waals surface area contributed by atoms with Gasteiger partial charge in [0.2, 0.25) is 0 Å². The maximum absolute atomic E-state index is 4.69. The smallest absolute Gasteiger partial charge is 0.0652 e. The third-order valence-corrected chi connectivity index (χ3v) is 1.63. The molecule has 1 aliphatic rings.